The van der Waals surface area contributed by atoms with Gasteiger partial charge >= 0.3 is 0 Å². The summed E-state index contributed by atoms with van der Waals surface area (Å²) in [4.78, 5) is 3.65. The Morgan fingerprint density at radius 1 is 1.17 bits per heavy atom. The van der Waals surface area contributed by atoms with Crippen molar-refractivity contribution in [3.63, 3.8) is 0 Å². The largest absolute Gasteiger partial charge is 0.374 e. The Hall–Kier alpha value is -0.670. The van der Waals surface area contributed by atoms with E-state index in [9.17, 15) is 0 Å². The lowest BCUT2D eigenvalue weighted by atomic mass is 10.1. The summed E-state index contributed by atoms with van der Waals surface area (Å²) in [6.45, 7) is 8.54. The molecule has 0 aromatic heterocycles. The summed E-state index contributed by atoms with van der Waals surface area (Å²) in [6, 6.07) is 8.84. The number of benzene rings is 1. The molecular weight excluding hydrogens is 240 g/mol. The molecule has 0 amide bonds. The summed E-state index contributed by atoms with van der Waals surface area (Å²) in [7, 11) is 2.15. The van der Waals surface area contributed by atoms with E-state index >= 15 is 0 Å². The minimum atomic E-state index is 0.637. The highest BCUT2D eigenvalue weighted by molar-refractivity contribution is 7.99. The fourth-order valence-corrected chi connectivity index (χ4v) is 2.84. The van der Waals surface area contributed by atoms with Gasteiger partial charge in [0.25, 0.3) is 0 Å². The van der Waals surface area contributed by atoms with E-state index in [1.54, 1.807) is 0 Å². The quantitative estimate of drug-likeness (QED) is 0.765. The van der Waals surface area contributed by atoms with Crippen molar-refractivity contribution in [1.29, 1.82) is 0 Å². The molecule has 1 unspecified atom stereocenters. The predicted molar refractivity (Wildman–Crippen MR) is 83.5 cm³/mol. The van der Waals surface area contributed by atoms with Crippen LogP contribution in [0.15, 0.2) is 29.2 Å². The Bertz CT molecular complexity index is 335. The molecule has 1 rings (SSSR count). The number of rotatable bonds is 7. The van der Waals surface area contributed by atoms with Gasteiger partial charge in [-0.05, 0) is 43.1 Å². The molecule has 0 heterocycles. The maximum Gasteiger partial charge on any atom is 0.0364 e. The summed E-state index contributed by atoms with van der Waals surface area (Å²) >= 11 is 1.91. The lowest BCUT2D eigenvalue weighted by Gasteiger charge is -2.23. The smallest absolute Gasteiger partial charge is 0.0364 e. The van der Waals surface area contributed by atoms with Gasteiger partial charge in [0.15, 0.2) is 0 Å². The second-order valence-corrected chi connectivity index (χ2v) is 6.87. The van der Waals surface area contributed by atoms with Crippen LogP contribution in [0.5, 0.6) is 0 Å². The molecule has 0 spiro atoms. The molecule has 0 saturated heterocycles. The zero-order valence-corrected chi connectivity index (χ0v) is 12.8. The first-order chi connectivity index (χ1) is 8.52. The monoisotopic (exact) mass is 266 g/mol. The number of nitrogens with two attached hydrogens (primary N) is 1. The molecule has 0 bridgehead atoms. The van der Waals surface area contributed by atoms with Gasteiger partial charge in [-0.1, -0.05) is 20.8 Å². The van der Waals surface area contributed by atoms with Crippen LogP contribution < -0.4 is 10.6 Å². The molecule has 0 aliphatic rings. The molecule has 2 N–H and O–H groups in total. The normalized spacial score (nSPS) is 12.8. The summed E-state index contributed by atoms with van der Waals surface area (Å²) < 4.78 is 0. The second kappa shape index (κ2) is 7.70. The minimum absolute atomic E-state index is 0.637. The Kier molecular flexibility index (Phi) is 6.58. The Balaban J connectivity index is 2.55. The fourth-order valence-electron chi connectivity index (χ4n) is 2.00. The lowest BCUT2D eigenvalue weighted by Crippen LogP contribution is -2.25. The first kappa shape index (κ1) is 15.4. The zero-order valence-electron chi connectivity index (χ0n) is 12.0. The standard InChI is InChI=1S/C15H26N2S/c1-12(2)18-15-7-5-14(6-8-15)17(4)11-13(3)9-10-16/h5-8,12-13H,9-11,16H2,1-4H3. The SMILES string of the molecule is CC(CCN)CN(C)c1ccc(SC(C)C)cc1. The van der Waals surface area contributed by atoms with Crippen LogP contribution in [0.4, 0.5) is 5.69 Å². The molecule has 0 saturated carbocycles. The third kappa shape index (κ3) is 5.32. The topological polar surface area (TPSA) is 29.3 Å². The summed E-state index contributed by atoms with van der Waals surface area (Å²) in [5, 5.41) is 0.637. The highest BCUT2D eigenvalue weighted by Gasteiger charge is 2.07. The molecule has 102 valence electrons. The molecule has 0 aliphatic carbocycles. The van der Waals surface area contributed by atoms with Gasteiger partial charge in [-0.15, -0.1) is 11.8 Å². The Morgan fingerprint density at radius 2 is 1.78 bits per heavy atom. The van der Waals surface area contributed by atoms with Crippen molar-refractivity contribution in [2.45, 2.75) is 37.3 Å². The number of hydrogen-bond acceptors (Lipinski definition) is 3. The van der Waals surface area contributed by atoms with Crippen LogP contribution in [-0.2, 0) is 0 Å². The summed E-state index contributed by atoms with van der Waals surface area (Å²) in [5.41, 5.74) is 6.87. The van der Waals surface area contributed by atoms with E-state index in [4.69, 9.17) is 5.73 Å². The first-order valence-electron chi connectivity index (χ1n) is 6.71. The van der Waals surface area contributed by atoms with Crippen molar-refractivity contribution in [2.75, 3.05) is 25.0 Å². The van der Waals surface area contributed by atoms with Crippen LogP contribution in [0.25, 0.3) is 0 Å². The minimum Gasteiger partial charge on any atom is -0.374 e. The fraction of sp³-hybridized carbons (Fsp3) is 0.600. The number of nitrogens with zero attached hydrogens (tertiary/aromatic N) is 1. The van der Waals surface area contributed by atoms with Crippen LogP contribution in [0.1, 0.15) is 27.2 Å². The predicted octanol–water partition coefficient (Wildman–Crippen LogP) is 3.61. The van der Waals surface area contributed by atoms with Crippen molar-refractivity contribution in [3.8, 4) is 0 Å². The molecule has 0 aliphatic heterocycles. The van der Waals surface area contributed by atoms with Crippen molar-refractivity contribution in [3.05, 3.63) is 24.3 Å². The van der Waals surface area contributed by atoms with Crippen molar-refractivity contribution >= 4 is 17.4 Å². The van der Waals surface area contributed by atoms with Crippen molar-refractivity contribution in [2.24, 2.45) is 11.7 Å². The van der Waals surface area contributed by atoms with E-state index < -0.39 is 0 Å². The Labute approximate surface area is 116 Å². The van der Waals surface area contributed by atoms with Gasteiger partial charge in [-0.2, -0.15) is 0 Å². The van der Waals surface area contributed by atoms with Gasteiger partial charge in [-0.25, -0.2) is 0 Å². The van der Waals surface area contributed by atoms with E-state index in [1.165, 1.54) is 10.6 Å². The van der Waals surface area contributed by atoms with E-state index in [0.29, 0.717) is 11.2 Å². The van der Waals surface area contributed by atoms with E-state index in [-0.39, 0.29) is 0 Å². The maximum absolute atomic E-state index is 5.59. The number of hydrogen-bond donors (Lipinski definition) is 1. The third-order valence-corrected chi connectivity index (χ3v) is 3.91. The number of thioether (sulfide) groups is 1. The van der Waals surface area contributed by atoms with E-state index in [0.717, 1.165) is 19.5 Å². The molecule has 1 aromatic rings. The average molecular weight is 266 g/mol. The van der Waals surface area contributed by atoms with Gasteiger partial charge in [0.1, 0.15) is 0 Å². The maximum atomic E-state index is 5.59. The lowest BCUT2D eigenvalue weighted by molar-refractivity contribution is 0.539. The van der Waals surface area contributed by atoms with Gasteiger partial charge in [0, 0.05) is 29.4 Å². The van der Waals surface area contributed by atoms with E-state index in [1.807, 2.05) is 11.8 Å². The summed E-state index contributed by atoms with van der Waals surface area (Å²) in [5.74, 6) is 0.643. The second-order valence-electron chi connectivity index (χ2n) is 5.22. The van der Waals surface area contributed by atoms with Crippen LogP contribution in [0.3, 0.4) is 0 Å². The van der Waals surface area contributed by atoms with E-state index in [2.05, 4.69) is 57.0 Å². The third-order valence-electron chi connectivity index (χ3n) is 2.89. The highest BCUT2D eigenvalue weighted by atomic mass is 32.2. The van der Waals surface area contributed by atoms with Crippen LogP contribution >= 0.6 is 11.8 Å². The molecule has 1 aromatic carbocycles. The average Bonchev–Trinajstić information content (AvgIpc) is 2.29. The Morgan fingerprint density at radius 3 is 2.28 bits per heavy atom. The van der Waals surface area contributed by atoms with Crippen LogP contribution in [0, 0.1) is 5.92 Å². The molecule has 3 heteroatoms. The van der Waals surface area contributed by atoms with Gasteiger partial charge in [0.05, 0.1) is 0 Å². The first-order valence-corrected chi connectivity index (χ1v) is 7.58. The molecule has 0 radical (unpaired) electrons. The summed E-state index contributed by atoms with van der Waals surface area (Å²) in [6.07, 6.45) is 1.09. The molecule has 1 atom stereocenters. The van der Waals surface area contributed by atoms with Gasteiger partial charge in [-0.3, -0.25) is 0 Å². The zero-order chi connectivity index (χ0) is 13.5. The molecule has 18 heavy (non-hydrogen) atoms. The van der Waals surface area contributed by atoms with Crippen molar-refractivity contribution in [1.82, 2.24) is 0 Å². The molecular formula is C15H26N2S. The van der Waals surface area contributed by atoms with Crippen LogP contribution in [-0.4, -0.2) is 25.4 Å². The van der Waals surface area contributed by atoms with Gasteiger partial charge < -0.3 is 10.6 Å². The van der Waals surface area contributed by atoms with Crippen LogP contribution in [0.2, 0.25) is 0 Å². The highest BCUT2D eigenvalue weighted by Crippen LogP contribution is 2.25. The molecule has 2 nitrogen and oxygen atoms in total. The molecule has 0 fully saturated rings. The number of anilines is 1. The van der Waals surface area contributed by atoms with Crippen molar-refractivity contribution < 1.29 is 0 Å². The van der Waals surface area contributed by atoms with Gasteiger partial charge in [0.2, 0.25) is 0 Å².